The summed E-state index contributed by atoms with van der Waals surface area (Å²) in [4.78, 5) is 0. The first kappa shape index (κ1) is 15.0. The Hall–Kier alpha value is -1.06. The molecule has 0 amide bonds. The molecular formula is C15H25NO2. The Bertz CT molecular complexity index is 324. The van der Waals surface area contributed by atoms with E-state index in [2.05, 4.69) is 31.3 Å². The van der Waals surface area contributed by atoms with Crippen LogP contribution in [0, 0.1) is 0 Å². The van der Waals surface area contributed by atoms with Crippen molar-refractivity contribution in [1.82, 2.24) is 5.32 Å². The second kappa shape index (κ2) is 8.11. The lowest BCUT2D eigenvalue weighted by Gasteiger charge is -2.24. The fourth-order valence-electron chi connectivity index (χ4n) is 1.93. The summed E-state index contributed by atoms with van der Waals surface area (Å²) < 4.78 is 10.9. The van der Waals surface area contributed by atoms with Gasteiger partial charge < -0.3 is 14.8 Å². The molecule has 1 aromatic rings. The Labute approximate surface area is 110 Å². The molecule has 1 N–H and O–H groups in total. The van der Waals surface area contributed by atoms with E-state index in [4.69, 9.17) is 9.47 Å². The molecule has 0 fully saturated rings. The molecule has 3 heteroatoms. The van der Waals surface area contributed by atoms with E-state index >= 15 is 0 Å². The largest absolute Gasteiger partial charge is 0.494 e. The highest BCUT2D eigenvalue weighted by atomic mass is 16.5. The van der Waals surface area contributed by atoms with Gasteiger partial charge in [-0.25, -0.2) is 0 Å². The first-order valence-corrected chi connectivity index (χ1v) is 6.71. The summed E-state index contributed by atoms with van der Waals surface area (Å²) in [6.07, 6.45) is 1.26. The maximum absolute atomic E-state index is 5.46. The summed E-state index contributed by atoms with van der Waals surface area (Å²) in [5.41, 5.74) is 1.24. The van der Waals surface area contributed by atoms with Crippen LogP contribution in [0.25, 0.3) is 0 Å². The van der Waals surface area contributed by atoms with E-state index in [0.717, 1.165) is 18.7 Å². The molecule has 2 atom stereocenters. The highest BCUT2D eigenvalue weighted by Gasteiger charge is 2.17. The van der Waals surface area contributed by atoms with Crippen molar-refractivity contribution in [2.75, 3.05) is 20.3 Å². The summed E-state index contributed by atoms with van der Waals surface area (Å²) in [5, 5.41) is 3.52. The van der Waals surface area contributed by atoms with Crippen molar-refractivity contribution in [3.8, 4) is 5.75 Å². The second-order valence-electron chi connectivity index (χ2n) is 4.37. The molecule has 0 aliphatic heterocycles. The molecule has 0 spiro atoms. The number of ether oxygens (including phenoxy) is 2. The van der Waals surface area contributed by atoms with Crippen LogP contribution in [0.1, 0.15) is 38.8 Å². The van der Waals surface area contributed by atoms with Gasteiger partial charge in [-0.3, -0.25) is 0 Å². The number of hydrogen-bond acceptors (Lipinski definition) is 3. The van der Waals surface area contributed by atoms with Crippen molar-refractivity contribution in [2.24, 2.45) is 0 Å². The molecule has 3 nitrogen and oxygen atoms in total. The molecule has 1 rings (SSSR count). The lowest BCUT2D eigenvalue weighted by molar-refractivity contribution is 0.0830. The average molecular weight is 251 g/mol. The highest BCUT2D eigenvalue weighted by Crippen LogP contribution is 2.22. The minimum absolute atomic E-state index is 0.148. The van der Waals surface area contributed by atoms with Crippen LogP contribution >= 0.6 is 0 Å². The van der Waals surface area contributed by atoms with Gasteiger partial charge in [-0.15, -0.1) is 0 Å². The molecule has 1 aromatic carbocycles. The van der Waals surface area contributed by atoms with Gasteiger partial charge >= 0.3 is 0 Å². The SMILES string of the molecule is CCCNC(c1ccc(OCC)cc1)C(C)OC. The van der Waals surface area contributed by atoms with Crippen LogP contribution in [0.5, 0.6) is 5.75 Å². The van der Waals surface area contributed by atoms with Crippen LogP contribution in [0.3, 0.4) is 0 Å². The maximum atomic E-state index is 5.46. The molecule has 2 unspecified atom stereocenters. The van der Waals surface area contributed by atoms with Gasteiger partial charge in [0.2, 0.25) is 0 Å². The molecule has 0 saturated carbocycles. The lowest BCUT2D eigenvalue weighted by Crippen LogP contribution is -2.31. The topological polar surface area (TPSA) is 30.5 Å². The number of methoxy groups -OCH3 is 1. The van der Waals surface area contributed by atoms with E-state index in [9.17, 15) is 0 Å². The zero-order valence-corrected chi connectivity index (χ0v) is 11.9. The monoisotopic (exact) mass is 251 g/mol. The first-order chi connectivity index (χ1) is 8.72. The van der Waals surface area contributed by atoms with E-state index < -0.39 is 0 Å². The van der Waals surface area contributed by atoms with E-state index in [0.29, 0.717) is 6.61 Å². The minimum atomic E-state index is 0.148. The zero-order valence-electron chi connectivity index (χ0n) is 11.9. The Morgan fingerprint density at radius 2 is 1.83 bits per heavy atom. The van der Waals surface area contributed by atoms with Gasteiger partial charge in [0.1, 0.15) is 5.75 Å². The molecular weight excluding hydrogens is 226 g/mol. The van der Waals surface area contributed by atoms with Crippen molar-refractivity contribution in [3.63, 3.8) is 0 Å². The number of rotatable bonds is 8. The van der Waals surface area contributed by atoms with Crippen molar-refractivity contribution < 1.29 is 9.47 Å². The van der Waals surface area contributed by atoms with Crippen molar-refractivity contribution in [2.45, 2.75) is 39.3 Å². The predicted molar refractivity (Wildman–Crippen MR) is 75.1 cm³/mol. The van der Waals surface area contributed by atoms with Crippen LogP contribution in [0.2, 0.25) is 0 Å². The van der Waals surface area contributed by atoms with Gasteiger partial charge in [0.05, 0.1) is 18.8 Å². The fraction of sp³-hybridized carbons (Fsp3) is 0.600. The van der Waals surface area contributed by atoms with Crippen LogP contribution in [0.15, 0.2) is 24.3 Å². The van der Waals surface area contributed by atoms with E-state index in [1.165, 1.54) is 5.56 Å². The van der Waals surface area contributed by atoms with Gasteiger partial charge in [0, 0.05) is 7.11 Å². The second-order valence-corrected chi connectivity index (χ2v) is 4.37. The summed E-state index contributed by atoms with van der Waals surface area (Å²) in [5.74, 6) is 0.917. The number of nitrogens with one attached hydrogen (secondary N) is 1. The maximum Gasteiger partial charge on any atom is 0.119 e. The van der Waals surface area contributed by atoms with Gasteiger partial charge in [0.15, 0.2) is 0 Å². The summed E-state index contributed by atoms with van der Waals surface area (Å²) in [6.45, 7) is 7.94. The quantitative estimate of drug-likeness (QED) is 0.770. The Balaban J connectivity index is 2.77. The molecule has 0 aromatic heterocycles. The normalized spacial score (nSPS) is 14.2. The number of benzene rings is 1. The third-order valence-electron chi connectivity index (χ3n) is 3.01. The molecule has 0 radical (unpaired) electrons. The summed E-state index contributed by atoms with van der Waals surface area (Å²) in [7, 11) is 1.75. The highest BCUT2D eigenvalue weighted by molar-refractivity contribution is 5.29. The molecule has 0 aliphatic rings. The Morgan fingerprint density at radius 1 is 1.17 bits per heavy atom. The summed E-state index contributed by atoms with van der Waals surface area (Å²) >= 11 is 0. The Morgan fingerprint density at radius 3 is 2.33 bits per heavy atom. The predicted octanol–water partition coefficient (Wildman–Crippen LogP) is 3.16. The van der Waals surface area contributed by atoms with E-state index in [1.54, 1.807) is 7.11 Å². The molecule has 0 aliphatic carbocycles. The van der Waals surface area contributed by atoms with Gasteiger partial charge in [-0.05, 0) is 44.5 Å². The van der Waals surface area contributed by atoms with Crippen LogP contribution in [0.4, 0.5) is 0 Å². The third kappa shape index (κ3) is 4.31. The standard InChI is InChI=1S/C15H25NO2/c1-5-11-16-15(12(3)17-4)13-7-9-14(10-8-13)18-6-2/h7-10,12,15-16H,5-6,11H2,1-4H3. The third-order valence-corrected chi connectivity index (χ3v) is 3.01. The average Bonchev–Trinajstić information content (AvgIpc) is 2.41. The minimum Gasteiger partial charge on any atom is -0.494 e. The smallest absolute Gasteiger partial charge is 0.119 e. The van der Waals surface area contributed by atoms with Crippen molar-refractivity contribution in [1.29, 1.82) is 0 Å². The van der Waals surface area contributed by atoms with Gasteiger partial charge in [0.25, 0.3) is 0 Å². The molecule has 0 heterocycles. The lowest BCUT2D eigenvalue weighted by atomic mass is 10.0. The molecule has 18 heavy (non-hydrogen) atoms. The first-order valence-electron chi connectivity index (χ1n) is 6.71. The van der Waals surface area contributed by atoms with Crippen molar-refractivity contribution in [3.05, 3.63) is 29.8 Å². The molecule has 102 valence electrons. The van der Waals surface area contributed by atoms with E-state index in [-0.39, 0.29) is 12.1 Å². The molecule has 0 saturated heterocycles. The van der Waals surface area contributed by atoms with E-state index in [1.807, 2.05) is 19.1 Å². The molecule has 0 bridgehead atoms. The van der Waals surface area contributed by atoms with Crippen molar-refractivity contribution >= 4 is 0 Å². The van der Waals surface area contributed by atoms with Gasteiger partial charge in [-0.2, -0.15) is 0 Å². The number of hydrogen-bond donors (Lipinski definition) is 1. The van der Waals surface area contributed by atoms with Crippen LogP contribution in [-0.2, 0) is 4.74 Å². The van der Waals surface area contributed by atoms with Crippen LogP contribution in [-0.4, -0.2) is 26.4 Å². The zero-order chi connectivity index (χ0) is 13.4. The Kier molecular flexibility index (Phi) is 6.76. The van der Waals surface area contributed by atoms with Gasteiger partial charge in [-0.1, -0.05) is 19.1 Å². The fourth-order valence-corrected chi connectivity index (χ4v) is 1.93. The van der Waals surface area contributed by atoms with Crippen LogP contribution < -0.4 is 10.1 Å². The summed E-state index contributed by atoms with van der Waals surface area (Å²) in [6, 6.07) is 8.47.